The van der Waals surface area contributed by atoms with Crippen molar-refractivity contribution in [2.24, 2.45) is 0 Å². The van der Waals surface area contributed by atoms with E-state index in [1.54, 1.807) is 20.1 Å². The summed E-state index contributed by atoms with van der Waals surface area (Å²) in [7, 11) is 1.62. The Balaban J connectivity index is 4.77. The molecule has 0 spiro atoms. The van der Waals surface area contributed by atoms with Gasteiger partial charge in [0, 0.05) is 5.71 Å². The predicted molar refractivity (Wildman–Crippen MR) is 57.1 cm³/mol. The monoisotopic (exact) mass is 179 g/mol. The highest BCUT2D eigenvalue weighted by Crippen LogP contribution is 2.12. The first-order chi connectivity index (χ1) is 6.02. The first-order valence-corrected chi connectivity index (χ1v) is 4.16. The first kappa shape index (κ1) is 11.7. The number of hydrogen-bond acceptors (Lipinski definition) is 2. The van der Waals surface area contributed by atoms with Crippen LogP contribution in [0.5, 0.6) is 0 Å². The fourth-order valence-corrected chi connectivity index (χ4v) is 0.743. The molecule has 0 aliphatic rings. The minimum Gasteiger partial charge on any atom is -0.496 e. The quantitative estimate of drug-likeness (QED) is 0.401. The van der Waals surface area contributed by atoms with Crippen molar-refractivity contribution in [3.8, 4) is 0 Å². The molecule has 0 rings (SSSR count). The Bertz CT molecular complexity index is 272. The van der Waals surface area contributed by atoms with Crippen LogP contribution in [0.2, 0.25) is 0 Å². The average Bonchev–Trinajstić information content (AvgIpc) is 2.12. The second-order valence-electron chi connectivity index (χ2n) is 2.83. The SMILES string of the molecule is C=C(/C=C(/OC)C(C)=CC)C(C)=N. The van der Waals surface area contributed by atoms with Gasteiger partial charge in [-0.15, -0.1) is 0 Å². The van der Waals surface area contributed by atoms with Crippen molar-refractivity contribution >= 4 is 5.71 Å². The third-order valence-corrected chi connectivity index (χ3v) is 1.83. The maximum atomic E-state index is 7.35. The van der Waals surface area contributed by atoms with Crippen molar-refractivity contribution in [3.63, 3.8) is 0 Å². The molecule has 0 fully saturated rings. The van der Waals surface area contributed by atoms with Crippen LogP contribution >= 0.6 is 0 Å². The molecule has 0 atom stereocenters. The molecule has 0 aliphatic heterocycles. The average molecular weight is 179 g/mol. The van der Waals surface area contributed by atoms with Gasteiger partial charge in [0.05, 0.1) is 7.11 Å². The highest BCUT2D eigenvalue weighted by atomic mass is 16.5. The fraction of sp³-hybridized carbons (Fsp3) is 0.364. The van der Waals surface area contributed by atoms with Gasteiger partial charge in [-0.3, -0.25) is 0 Å². The molecule has 13 heavy (non-hydrogen) atoms. The summed E-state index contributed by atoms with van der Waals surface area (Å²) in [5, 5.41) is 7.35. The van der Waals surface area contributed by atoms with Crippen LogP contribution in [0.1, 0.15) is 20.8 Å². The van der Waals surface area contributed by atoms with Gasteiger partial charge in [0.25, 0.3) is 0 Å². The van der Waals surface area contributed by atoms with Crippen LogP contribution in [-0.4, -0.2) is 12.8 Å². The van der Waals surface area contributed by atoms with Crippen LogP contribution in [0.25, 0.3) is 0 Å². The van der Waals surface area contributed by atoms with Crippen molar-refractivity contribution in [2.75, 3.05) is 7.11 Å². The molecule has 0 unspecified atom stereocenters. The van der Waals surface area contributed by atoms with Gasteiger partial charge in [-0.05, 0) is 38.0 Å². The Labute approximate surface area is 80.1 Å². The highest BCUT2D eigenvalue weighted by Gasteiger charge is 2.00. The lowest BCUT2D eigenvalue weighted by Gasteiger charge is -2.06. The molecular weight excluding hydrogens is 162 g/mol. The molecule has 0 radical (unpaired) electrons. The van der Waals surface area contributed by atoms with E-state index in [-0.39, 0.29) is 0 Å². The van der Waals surface area contributed by atoms with E-state index < -0.39 is 0 Å². The van der Waals surface area contributed by atoms with E-state index in [1.807, 2.05) is 19.9 Å². The van der Waals surface area contributed by atoms with Gasteiger partial charge >= 0.3 is 0 Å². The van der Waals surface area contributed by atoms with Crippen molar-refractivity contribution < 1.29 is 4.74 Å². The summed E-state index contributed by atoms with van der Waals surface area (Å²) in [4.78, 5) is 0. The van der Waals surface area contributed by atoms with Gasteiger partial charge in [-0.1, -0.05) is 12.7 Å². The number of rotatable bonds is 4. The smallest absolute Gasteiger partial charge is 0.122 e. The zero-order valence-electron chi connectivity index (χ0n) is 8.77. The summed E-state index contributed by atoms with van der Waals surface area (Å²) in [6, 6.07) is 0. The first-order valence-electron chi connectivity index (χ1n) is 4.16. The highest BCUT2D eigenvalue weighted by molar-refractivity contribution is 5.97. The molecular formula is C11H17NO. The molecule has 0 aromatic rings. The summed E-state index contributed by atoms with van der Waals surface area (Å²) >= 11 is 0. The molecule has 0 aromatic carbocycles. The molecule has 0 saturated carbocycles. The largest absolute Gasteiger partial charge is 0.496 e. The van der Waals surface area contributed by atoms with E-state index in [2.05, 4.69) is 6.58 Å². The number of allylic oxidation sites excluding steroid dienone is 4. The Kier molecular flexibility index (Phi) is 4.82. The minimum atomic E-state index is 0.457. The zero-order valence-corrected chi connectivity index (χ0v) is 8.77. The summed E-state index contributed by atoms with van der Waals surface area (Å²) in [6.45, 7) is 9.36. The number of hydrogen-bond donors (Lipinski definition) is 1. The maximum Gasteiger partial charge on any atom is 0.122 e. The molecule has 72 valence electrons. The van der Waals surface area contributed by atoms with E-state index in [0.29, 0.717) is 11.3 Å². The number of methoxy groups -OCH3 is 1. The maximum absolute atomic E-state index is 7.35. The zero-order chi connectivity index (χ0) is 10.4. The van der Waals surface area contributed by atoms with Crippen LogP contribution in [0.3, 0.4) is 0 Å². The second-order valence-corrected chi connectivity index (χ2v) is 2.83. The third kappa shape index (κ3) is 3.74. The van der Waals surface area contributed by atoms with E-state index >= 15 is 0 Å². The lowest BCUT2D eigenvalue weighted by molar-refractivity contribution is 0.300. The molecule has 1 N–H and O–H groups in total. The lowest BCUT2D eigenvalue weighted by Crippen LogP contribution is -1.95. The van der Waals surface area contributed by atoms with Crippen LogP contribution in [0, 0.1) is 5.41 Å². The van der Waals surface area contributed by atoms with E-state index in [0.717, 1.165) is 11.3 Å². The van der Waals surface area contributed by atoms with Gasteiger partial charge in [0.15, 0.2) is 0 Å². The number of ether oxygens (including phenoxy) is 1. The molecule has 0 aromatic heterocycles. The Morgan fingerprint density at radius 2 is 1.92 bits per heavy atom. The molecule has 0 aliphatic carbocycles. The lowest BCUT2D eigenvalue weighted by atomic mass is 10.1. The molecule has 2 nitrogen and oxygen atoms in total. The van der Waals surface area contributed by atoms with Gasteiger partial charge in [-0.2, -0.15) is 0 Å². The van der Waals surface area contributed by atoms with Gasteiger partial charge in [0.1, 0.15) is 5.76 Å². The van der Waals surface area contributed by atoms with Gasteiger partial charge in [-0.25, -0.2) is 0 Å². The van der Waals surface area contributed by atoms with Crippen LogP contribution in [0.15, 0.2) is 35.6 Å². The standard InChI is InChI=1S/C11H17NO/c1-6-8(2)11(13-5)7-9(3)10(4)12/h6-7,12H,3H2,1-2,4-5H3/b8-6?,11-7+,12-10?. The molecule has 0 heterocycles. The molecule has 0 saturated heterocycles. The summed E-state index contributed by atoms with van der Waals surface area (Å²) in [5.41, 5.74) is 2.18. The van der Waals surface area contributed by atoms with Crippen LogP contribution < -0.4 is 0 Å². The van der Waals surface area contributed by atoms with Gasteiger partial charge in [0.2, 0.25) is 0 Å². The van der Waals surface area contributed by atoms with Crippen molar-refractivity contribution in [1.82, 2.24) is 0 Å². The Morgan fingerprint density at radius 3 is 2.23 bits per heavy atom. The number of nitrogens with one attached hydrogen (secondary N) is 1. The van der Waals surface area contributed by atoms with Crippen molar-refractivity contribution in [3.05, 3.63) is 35.6 Å². The van der Waals surface area contributed by atoms with E-state index in [4.69, 9.17) is 10.1 Å². The van der Waals surface area contributed by atoms with Crippen LogP contribution in [0.4, 0.5) is 0 Å². The molecule has 0 bridgehead atoms. The molecule has 0 amide bonds. The fourth-order valence-electron chi connectivity index (χ4n) is 0.743. The summed E-state index contributed by atoms with van der Waals surface area (Å²) in [6.07, 6.45) is 3.74. The minimum absolute atomic E-state index is 0.457. The summed E-state index contributed by atoms with van der Waals surface area (Å²) in [5.74, 6) is 0.763. The Morgan fingerprint density at radius 1 is 1.38 bits per heavy atom. The van der Waals surface area contributed by atoms with Crippen LogP contribution in [-0.2, 0) is 4.74 Å². The third-order valence-electron chi connectivity index (χ3n) is 1.83. The summed E-state index contributed by atoms with van der Waals surface area (Å²) < 4.78 is 5.16. The van der Waals surface area contributed by atoms with Gasteiger partial charge < -0.3 is 10.1 Å². The van der Waals surface area contributed by atoms with Crippen molar-refractivity contribution in [1.29, 1.82) is 5.41 Å². The topological polar surface area (TPSA) is 33.1 Å². The normalized spacial score (nSPS) is 12.6. The van der Waals surface area contributed by atoms with E-state index in [1.165, 1.54) is 0 Å². The van der Waals surface area contributed by atoms with E-state index in [9.17, 15) is 0 Å². The van der Waals surface area contributed by atoms with Crippen molar-refractivity contribution in [2.45, 2.75) is 20.8 Å². The Hall–Kier alpha value is -1.31. The molecule has 2 heteroatoms. The predicted octanol–water partition coefficient (Wildman–Crippen LogP) is 3.08. The second kappa shape index (κ2) is 5.36.